The van der Waals surface area contributed by atoms with Gasteiger partial charge in [0.05, 0.1) is 24.8 Å². The molecule has 190 valence electrons. The lowest BCUT2D eigenvalue weighted by molar-refractivity contribution is -0.122. The van der Waals surface area contributed by atoms with Crippen LogP contribution in [0.4, 0.5) is 11.4 Å². The van der Waals surface area contributed by atoms with Crippen molar-refractivity contribution in [1.82, 2.24) is 4.90 Å². The van der Waals surface area contributed by atoms with Crippen molar-refractivity contribution in [2.45, 2.75) is 6.92 Å². The zero-order valence-corrected chi connectivity index (χ0v) is 21.6. The third-order valence-corrected chi connectivity index (χ3v) is 6.41. The second-order valence-electron chi connectivity index (χ2n) is 7.87. The SMILES string of the molecule is CCN1C(=O)/C(=C\c2ccc(OCC(=O)Nc3ccccc3)c(OC)c2)SC1=Nc1ccc(OC)cc1. The van der Waals surface area contributed by atoms with E-state index in [0.717, 1.165) is 17.0 Å². The molecule has 1 saturated heterocycles. The number of nitrogens with zero attached hydrogens (tertiary/aromatic N) is 2. The highest BCUT2D eigenvalue weighted by Gasteiger charge is 2.32. The molecular formula is C28H27N3O5S. The molecule has 1 heterocycles. The summed E-state index contributed by atoms with van der Waals surface area (Å²) in [5, 5.41) is 3.39. The minimum absolute atomic E-state index is 0.114. The molecule has 3 aromatic rings. The maximum atomic E-state index is 13.0. The molecule has 37 heavy (non-hydrogen) atoms. The van der Waals surface area contributed by atoms with E-state index in [1.807, 2.05) is 55.5 Å². The summed E-state index contributed by atoms with van der Waals surface area (Å²) in [6, 6.07) is 21.8. The molecule has 3 aromatic carbocycles. The lowest BCUT2D eigenvalue weighted by Crippen LogP contribution is -2.28. The van der Waals surface area contributed by atoms with Crippen molar-refractivity contribution in [2.24, 2.45) is 4.99 Å². The van der Waals surface area contributed by atoms with Crippen LogP contribution in [0.5, 0.6) is 17.2 Å². The summed E-state index contributed by atoms with van der Waals surface area (Å²) in [5.74, 6) is 1.23. The van der Waals surface area contributed by atoms with Crippen LogP contribution in [0.1, 0.15) is 12.5 Å². The third-order valence-electron chi connectivity index (χ3n) is 5.40. The van der Waals surface area contributed by atoms with E-state index in [-0.39, 0.29) is 18.4 Å². The monoisotopic (exact) mass is 517 g/mol. The quantitative estimate of drug-likeness (QED) is 0.385. The number of thioether (sulfide) groups is 1. The van der Waals surface area contributed by atoms with Crippen LogP contribution in [0.2, 0.25) is 0 Å². The van der Waals surface area contributed by atoms with Gasteiger partial charge in [0.15, 0.2) is 23.3 Å². The second-order valence-corrected chi connectivity index (χ2v) is 8.87. The number of anilines is 1. The molecule has 4 rings (SSSR count). The van der Waals surface area contributed by atoms with E-state index >= 15 is 0 Å². The van der Waals surface area contributed by atoms with E-state index in [0.29, 0.717) is 33.8 Å². The molecule has 1 aliphatic heterocycles. The lowest BCUT2D eigenvalue weighted by atomic mass is 10.2. The fraction of sp³-hybridized carbons (Fsp3) is 0.179. The normalized spacial score (nSPS) is 15.2. The van der Waals surface area contributed by atoms with Crippen LogP contribution >= 0.6 is 11.8 Å². The topological polar surface area (TPSA) is 89.5 Å². The van der Waals surface area contributed by atoms with Crippen molar-refractivity contribution in [3.05, 3.63) is 83.3 Å². The number of nitrogens with one attached hydrogen (secondary N) is 1. The van der Waals surface area contributed by atoms with Crippen LogP contribution < -0.4 is 19.5 Å². The molecule has 0 radical (unpaired) electrons. The van der Waals surface area contributed by atoms with Gasteiger partial charge in [-0.3, -0.25) is 14.5 Å². The van der Waals surface area contributed by atoms with Crippen molar-refractivity contribution in [2.75, 3.05) is 32.7 Å². The zero-order valence-electron chi connectivity index (χ0n) is 20.8. The lowest BCUT2D eigenvalue weighted by Gasteiger charge is -2.12. The highest BCUT2D eigenvalue weighted by atomic mass is 32.2. The van der Waals surface area contributed by atoms with Crippen LogP contribution in [-0.2, 0) is 9.59 Å². The number of amidine groups is 1. The fourth-order valence-corrected chi connectivity index (χ4v) is 4.61. The molecule has 0 aliphatic carbocycles. The smallest absolute Gasteiger partial charge is 0.266 e. The summed E-state index contributed by atoms with van der Waals surface area (Å²) < 4.78 is 16.3. The van der Waals surface area contributed by atoms with E-state index in [1.165, 1.54) is 18.9 Å². The van der Waals surface area contributed by atoms with Gasteiger partial charge in [-0.15, -0.1) is 0 Å². The summed E-state index contributed by atoms with van der Waals surface area (Å²) in [5.41, 5.74) is 2.19. The highest BCUT2D eigenvalue weighted by molar-refractivity contribution is 8.18. The third kappa shape index (κ3) is 6.50. The van der Waals surface area contributed by atoms with Gasteiger partial charge in [-0.1, -0.05) is 24.3 Å². The number of rotatable bonds is 9. The second kappa shape index (κ2) is 12.1. The fourth-order valence-electron chi connectivity index (χ4n) is 3.54. The number of carbonyl (C=O) groups excluding carboxylic acids is 2. The van der Waals surface area contributed by atoms with E-state index in [4.69, 9.17) is 14.2 Å². The Balaban J connectivity index is 1.47. The van der Waals surface area contributed by atoms with Crippen molar-refractivity contribution < 1.29 is 23.8 Å². The first kappa shape index (κ1) is 25.8. The van der Waals surface area contributed by atoms with E-state index in [2.05, 4.69) is 10.3 Å². The Hall–Kier alpha value is -4.24. The summed E-state index contributed by atoms with van der Waals surface area (Å²) in [6.45, 7) is 2.24. The maximum absolute atomic E-state index is 13.0. The van der Waals surface area contributed by atoms with Crippen LogP contribution in [0.15, 0.2) is 82.7 Å². The van der Waals surface area contributed by atoms with Crippen molar-refractivity contribution in [3.63, 3.8) is 0 Å². The molecule has 0 aromatic heterocycles. The van der Waals surface area contributed by atoms with Crippen LogP contribution in [0.25, 0.3) is 6.08 Å². The van der Waals surface area contributed by atoms with Gasteiger partial charge in [0.1, 0.15) is 5.75 Å². The first-order valence-electron chi connectivity index (χ1n) is 11.6. The van der Waals surface area contributed by atoms with Gasteiger partial charge >= 0.3 is 0 Å². The first-order chi connectivity index (χ1) is 18.0. The Morgan fingerprint density at radius 1 is 1.00 bits per heavy atom. The number of para-hydroxylation sites is 1. The van der Waals surface area contributed by atoms with Gasteiger partial charge in [0.2, 0.25) is 0 Å². The predicted molar refractivity (Wildman–Crippen MR) is 147 cm³/mol. The van der Waals surface area contributed by atoms with Crippen molar-refractivity contribution in [1.29, 1.82) is 0 Å². The molecule has 9 heteroatoms. The molecular weight excluding hydrogens is 490 g/mol. The van der Waals surface area contributed by atoms with Gasteiger partial charge in [0.25, 0.3) is 11.8 Å². The number of benzene rings is 3. The molecule has 0 spiro atoms. The van der Waals surface area contributed by atoms with Gasteiger partial charge in [-0.2, -0.15) is 0 Å². The number of amides is 2. The molecule has 8 nitrogen and oxygen atoms in total. The number of hydrogen-bond acceptors (Lipinski definition) is 7. The average Bonchev–Trinajstić information content (AvgIpc) is 3.21. The Morgan fingerprint density at radius 3 is 2.43 bits per heavy atom. The van der Waals surface area contributed by atoms with Crippen LogP contribution in [0.3, 0.4) is 0 Å². The number of likely N-dealkylation sites (N-methyl/N-ethyl adjacent to an activating group) is 1. The minimum Gasteiger partial charge on any atom is -0.497 e. The molecule has 0 unspecified atom stereocenters. The minimum atomic E-state index is -0.282. The Labute approximate surface area is 219 Å². The molecule has 1 aliphatic rings. The summed E-state index contributed by atoms with van der Waals surface area (Å²) in [4.78, 5) is 32.1. The Bertz CT molecular complexity index is 1320. The average molecular weight is 518 g/mol. The van der Waals surface area contributed by atoms with Crippen molar-refractivity contribution >= 4 is 46.2 Å². The van der Waals surface area contributed by atoms with Gasteiger partial charge in [0, 0.05) is 12.2 Å². The number of carbonyl (C=O) groups is 2. The van der Waals surface area contributed by atoms with Gasteiger partial charge in [-0.05, 0) is 78.9 Å². The number of hydrogen-bond donors (Lipinski definition) is 1. The van der Waals surface area contributed by atoms with Gasteiger partial charge < -0.3 is 19.5 Å². The molecule has 1 N–H and O–H groups in total. The predicted octanol–water partition coefficient (Wildman–Crippen LogP) is 5.35. The largest absolute Gasteiger partial charge is 0.497 e. The van der Waals surface area contributed by atoms with Crippen molar-refractivity contribution in [3.8, 4) is 17.2 Å². The molecule has 0 saturated carbocycles. The van der Waals surface area contributed by atoms with Gasteiger partial charge in [-0.25, -0.2) is 4.99 Å². The highest BCUT2D eigenvalue weighted by Crippen LogP contribution is 2.36. The maximum Gasteiger partial charge on any atom is 0.266 e. The molecule has 2 amide bonds. The van der Waals surface area contributed by atoms with E-state index < -0.39 is 0 Å². The summed E-state index contributed by atoms with van der Waals surface area (Å²) in [7, 11) is 3.13. The Kier molecular flexibility index (Phi) is 8.48. The molecule has 0 atom stereocenters. The Morgan fingerprint density at radius 2 is 1.76 bits per heavy atom. The van der Waals surface area contributed by atoms with E-state index in [1.54, 1.807) is 42.4 Å². The number of methoxy groups -OCH3 is 2. The van der Waals surface area contributed by atoms with E-state index in [9.17, 15) is 9.59 Å². The van der Waals surface area contributed by atoms with Crippen LogP contribution in [0, 0.1) is 0 Å². The number of aliphatic imine (C=N–C) groups is 1. The summed E-state index contributed by atoms with van der Waals surface area (Å²) in [6.07, 6.45) is 1.79. The molecule has 0 bridgehead atoms. The summed E-state index contributed by atoms with van der Waals surface area (Å²) >= 11 is 1.32. The first-order valence-corrected chi connectivity index (χ1v) is 12.4. The van der Waals surface area contributed by atoms with Crippen LogP contribution in [-0.4, -0.2) is 49.3 Å². The number of ether oxygens (including phenoxy) is 3. The standard InChI is InChI=1S/C28H27N3O5S/c1-4-31-27(33)25(37-28(31)30-21-11-13-22(34-2)14-12-21)17-19-10-15-23(24(16-19)35-3)36-18-26(32)29-20-8-6-5-7-9-20/h5-17H,4,18H2,1-3H3,(H,29,32)/b25-17+,30-28?. The molecule has 1 fully saturated rings. The zero-order chi connectivity index (χ0) is 26.2.